The lowest BCUT2D eigenvalue weighted by molar-refractivity contribution is -0.384. The molecule has 258 valence electrons. The fourth-order valence-corrected chi connectivity index (χ4v) is 8.67. The van der Waals surface area contributed by atoms with Crippen molar-refractivity contribution in [2.45, 2.75) is 18.9 Å². The number of allylic oxidation sites excluding steroid dienone is 1. The molecule has 9 rings (SSSR count). The zero-order chi connectivity index (χ0) is 36.1. The Hall–Kier alpha value is -6.58. The number of rotatable bonds is 7. The van der Waals surface area contributed by atoms with Gasteiger partial charge in [-0.25, -0.2) is 4.99 Å². The number of hydrogen-bond donors (Lipinski definition) is 0. The van der Waals surface area contributed by atoms with E-state index in [0.29, 0.717) is 9.33 Å². The van der Waals surface area contributed by atoms with Gasteiger partial charge in [-0.05, 0) is 65.4 Å². The largest absolute Gasteiger partial charge is 0.496 e. The molecule has 2 aromatic heterocycles. The van der Waals surface area contributed by atoms with Gasteiger partial charge >= 0.3 is 0 Å². The molecule has 0 spiro atoms. The van der Waals surface area contributed by atoms with Crippen molar-refractivity contribution in [1.82, 2.24) is 9.13 Å². The number of fused-ring (bicyclic) bond motifs is 3. The summed E-state index contributed by atoms with van der Waals surface area (Å²) in [5, 5.41) is 11.6. The topological polar surface area (TPSA) is 91.7 Å². The summed E-state index contributed by atoms with van der Waals surface area (Å²) in [6.45, 7) is 0. The fraction of sp³-hybridized carbons (Fsp3) is 0.0909. The summed E-state index contributed by atoms with van der Waals surface area (Å²) >= 11 is 1.38. The molecule has 1 aliphatic carbocycles. The van der Waals surface area contributed by atoms with Crippen LogP contribution in [-0.4, -0.2) is 21.2 Å². The summed E-state index contributed by atoms with van der Waals surface area (Å²) in [6, 6.07) is 44.6. The van der Waals surface area contributed by atoms with Gasteiger partial charge in [0.05, 0.1) is 39.7 Å². The second-order valence-corrected chi connectivity index (χ2v) is 14.0. The molecule has 1 aliphatic heterocycles. The number of benzene rings is 5. The number of aryl methyl sites for hydroxylation is 1. The SMILES string of the molecule is COc1ccccc1[C@@H]1C2=C(N=c3s/c(=C/c4cc(-c5ccccc5)n(-c5ccc([N+](=O)[O-])cc5)c4-c4ccccc4)c(=O)n31)c1ccccc1CC2. The van der Waals surface area contributed by atoms with Crippen LogP contribution in [0.25, 0.3) is 40.0 Å². The van der Waals surface area contributed by atoms with Crippen molar-refractivity contribution in [2.75, 3.05) is 7.11 Å². The van der Waals surface area contributed by atoms with Gasteiger partial charge in [0.15, 0.2) is 4.80 Å². The quantitative estimate of drug-likeness (QED) is 0.123. The third-order valence-corrected chi connectivity index (χ3v) is 11.0. The van der Waals surface area contributed by atoms with Crippen LogP contribution in [0.4, 0.5) is 5.69 Å². The summed E-state index contributed by atoms with van der Waals surface area (Å²) in [4.78, 5) is 31.9. The zero-order valence-corrected chi connectivity index (χ0v) is 29.5. The van der Waals surface area contributed by atoms with Crippen LogP contribution in [0.2, 0.25) is 0 Å². The summed E-state index contributed by atoms with van der Waals surface area (Å²) in [7, 11) is 1.67. The average Bonchev–Trinajstić information content (AvgIpc) is 3.74. The van der Waals surface area contributed by atoms with E-state index in [-0.39, 0.29) is 17.3 Å². The number of thiazole rings is 1. The number of nitro groups is 1. The van der Waals surface area contributed by atoms with Crippen molar-refractivity contribution in [1.29, 1.82) is 0 Å². The van der Waals surface area contributed by atoms with Gasteiger partial charge in [0.2, 0.25) is 0 Å². The van der Waals surface area contributed by atoms with Gasteiger partial charge < -0.3 is 9.30 Å². The average molecular weight is 713 g/mol. The molecule has 0 saturated heterocycles. The zero-order valence-electron chi connectivity index (χ0n) is 28.7. The summed E-state index contributed by atoms with van der Waals surface area (Å²) < 4.78 is 10.4. The molecule has 9 heteroatoms. The Balaban J connectivity index is 1.32. The van der Waals surface area contributed by atoms with Gasteiger partial charge in [-0.2, -0.15) is 0 Å². The highest BCUT2D eigenvalue weighted by molar-refractivity contribution is 7.07. The van der Waals surface area contributed by atoms with Gasteiger partial charge in [0, 0.05) is 34.5 Å². The Morgan fingerprint density at radius 2 is 1.51 bits per heavy atom. The van der Waals surface area contributed by atoms with E-state index < -0.39 is 4.92 Å². The normalized spacial score (nSPS) is 15.0. The van der Waals surface area contributed by atoms with Crippen molar-refractivity contribution in [3.05, 3.63) is 197 Å². The van der Waals surface area contributed by atoms with E-state index in [1.165, 1.54) is 29.0 Å². The van der Waals surface area contributed by atoms with Crippen LogP contribution in [-0.2, 0) is 6.42 Å². The molecule has 0 fully saturated rings. The lowest BCUT2D eigenvalue weighted by Gasteiger charge is -2.31. The lowest BCUT2D eigenvalue weighted by Crippen LogP contribution is -2.39. The van der Waals surface area contributed by atoms with Gasteiger partial charge in [0.1, 0.15) is 5.75 Å². The highest BCUT2D eigenvalue weighted by Gasteiger charge is 2.34. The Morgan fingerprint density at radius 3 is 2.25 bits per heavy atom. The van der Waals surface area contributed by atoms with Crippen LogP contribution in [0.3, 0.4) is 0 Å². The highest BCUT2D eigenvalue weighted by atomic mass is 32.1. The minimum Gasteiger partial charge on any atom is -0.496 e. The fourth-order valence-electron chi connectivity index (χ4n) is 7.68. The highest BCUT2D eigenvalue weighted by Crippen LogP contribution is 2.43. The number of ether oxygens (including phenoxy) is 1. The smallest absolute Gasteiger partial charge is 0.271 e. The predicted octanol–water partition coefficient (Wildman–Crippen LogP) is 8.36. The predicted molar refractivity (Wildman–Crippen MR) is 209 cm³/mol. The minimum atomic E-state index is -0.393. The van der Waals surface area contributed by atoms with E-state index >= 15 is 0 Å². The van der Waals surface area contributed by atoms with Crippen molar-refractivity contribution < 1.29 is 9.66 Å². The number of nitrogens with zero attached hydrogens (tertiary/aromatic N) is 4. The van der Waals surface area contributed by atoms with E-state index in [0.717, 1.165) is 74.8 Å². The van der Waals surface area contributed by atoms with E-state index in [1.54, 1.807) is 19.2 Å². The maximum atomic E-state index is 14.9. The van der Waals surface area contributed by atoms with Crippen LogP contribution in [0.15, 0.2) is 155 Å². The monoisotopic (exact) mass is 712 g/mol. The summed E-state index contributed by atoms with van der Waals surface area (Å²) in [6.07, 6.45) is 3.61. The van der Waals surface area contributed by atoms with Crippen molar-refractivity contribution >= 4 is 28.8 Å². The van der Waals surface area contributed by atoms with Gasteiger partial charge in [0.25, 0.3) is 11.2 Å². The third kappa shape index (κ3) is 5.53. The van der Waals surface area contributed by atoms with E-state index in [9.17, 15) is 14.9 Å². The van der Waals surface area contributed by atoms with E-state index in [1.807, 2.05) is 102 Å². The van der Waals surface area contributed by atoms with Gasteiger partial charge in [-0.3, -0.25) is 19.5 Å². The number of para-hydroxylation sites is 1. The van der Waals surface area contributed by atoms with Crippen molar-refractivity contribution in [3.8, 4) is 34.0 Å². The Labute approximate surface area is 308 Å². The molecular weight excluding hydrogens is 681 g/mol. The second kappa shape index (κ2) is 13.2. The van der Waals surface area contributed by atoms with Crippen LogP contribution in [0.5, 0.6) is 5.75 Å². The first-order chi connectivity index (χ1) is 26.0. The number of nitro benzene ring substituents is 1. The standard InChI is InChI=1S/C44H32N4O4S/c1-52-38-19-11-10-18-35(38)42-36-25-20-28-12-8-9-17-34(28)40(36)45-44-47(42)43(49)39(53-44)27-31-26-37(29-13-4-2-5-14-29)46(41(31)30-15-6-3-7-16-30)32-21-23-33(24-22-32)48(50)51/h2-19,21-24,26-27,42H,20,25H2,1H3/b39-27+/t42-/m1/s1. The van der Waals surface area contributed by atoms with Crippen molar-refractivity contribution in [2.24, 2.45) is 4.99 Å². The minimum absolute atomic E-state index is 0.0136. The maximum absolute atomic E-state index is 14.9. The molecule has 2 aliphatic rings. The first-order valence-electron chi connectivity index (χ1n) is 17.4. The molecule has 0 bridgehead atoms. The molecule has 5 aromatic carbocycles. The van der Waals surface area contributed by atoms with Crippen LogP contribution < -0.4 is 19.6 Å². The van der Waals surface area contributed by atoms with Gasteiger partial charge in [-0.15, -0.1) is 0 Å². The Bertz CT molecular complexity index is 2760. The molecule has 0 amide bonds. The van der Waals surface area contributed by atoms with E-state index in [4.69, 9.17) is 9.73 Å². The van der Waals surface area contributed by atoms with Gasteiger partial charge in [-0.1, -0.05) is 114 Å². The molecule has 8 nitrogen and oxygen atoms in total. The summed E-state index contributed by atoms with van der Waals surface area (Å²) in [5.74, 6) is 0.721. The number of methoxy groups -OCH3 is 1. The van der Waals surface area contributed by atoms with Crippen molar-refractivity contribution in [3.63, 3.8) is 0 Å². The molecule has 0 N–H and O–H groups in total. The molecule has 3 heterocycles. The number of aromatic nitrogens is 2. The molecular formula is C44H32N4O4S. The number of hydrogen-bond acceptors (Lipinski definition) is 6. The number of non-ortho nitro benzene ring substituents is 1. The lowest BCUT2D eigenvalue weighted by atomic mass is 9.83. The first kappa shape index (κ1) is 32.3. The Kier molecular flexibility index (Phi) is 8.05. The van der Waals surface area contributed by atoms with E-state index in [2.05, 4.69) is 28.8 Å². The first-order valence-corrected chi connectivity index (χ1v) is 18.2. The van der Waals surface area contributed by atoms with Crippen LogP contribution >= 0.6 is 11.3 Å². The molecule has 0 radical (unpaired) electrons. The van der Waals surface area contributed by atoms with Crippen LogP contribution in [0, 0.1) is 10.1 Å². The van der Waals surface area contributed by atoms with Crippen LogP contribution in [0.1, 0.15) is 34.7 Å². The molecule has 1 atom stereocenters. The maximum Gasteiger partial charge on any atom is 0.271 e. The molecule has 0 saturated carbocycles. The second-order valence-electron chi connectivity index (χ2n) is 13.0. The Morgan fingerprint density at radius 1 is 0.830 bits per heavy atom. The summed E-state index contributed by atoms with van der Waals surface area (Å²) in [5.41, 5.74) is 10.4. The molecule has 53 heavy (non-hydrogen) atoms. The third-order valence-electron chi connectivity index (χ3n) is 10.1. The molecule has 0 unspecified atom stereocenters. The molecule has 7 aromatic rings.